The van der Waals surface area contributed by atoms with E-state index in [4.69, 9.17) is 4.84 Å². The highest BCUT2D eigenvalue weighted by molar-refractivity contribution is 6.05. The third-order valence-electron chi connectivity index (χ3n) is 10.4. The third-order valence-corrected chi connectivity index (χ3v) is 10.4. The first-order valence-electron chi connectivity index (χ1n) is 13.0. The number of fused-ring (bicyclic) bond motifs is 5. The Hall–Kier alpha value is -2.19. The smallest absolute Gasteiger partial charge is 0.326 e. The summed E-state index contributed by atoms with van der Waals surface area (Å²) in [6, 6.07) is -1.03. The number of oxime groups is 1. The Morgan fingerprint density at radius 3 is 2.66 bits per heavy atom. The minimum Gasteiger partial charge on any atom is -0.480 e. The van der Waals surface area contributed by atoms with Gasteiger partial charge in [0, 0.05) is 18.4 Å². The number of allylic oxidation sites excluding steroid dienone is 4. The number of aliphatic carboxylic acids is 1. The second-order valence-electron chi connectivity index (χ2n) is 12.0. The van der Waals surface area contributed by atoms with Crippen LogP contribution < -0.4 is 0 Å². The molecule has 192 valence electrons. The zero-order chi connectivity index (χ0) is 25.2. The minimum atomic E-state index is -1.12. The number of carboxylic acid groups (broad SMARTS) is 1. The van der Waals surface area contributed by atoms with E-state index < -0.39 is 29.6 Å². The van der Waals surface area contributed by atoms with Crippen LogP contribution in [0.2, 0.25) is 0 Å². The molecule has 0 bridgehead atoms. The van der Waals surface area contributed by atoms with E-state index in [1.54, 1.807) is 0 Å². The molecule has 4 aliphatic carbocycles. The molecule has 5 rings (SSSR count). The topological polar surface area (TPSA) is 120 Å². The molecule has 1 heterocycles. The molecule has 35 heavy (non-hydrogen) atoms. The highest BCUT2D eigenvalue weighted by atomic mass is 16.6. The number of hydrogen-bond acceptors (Lipinski definition) is 6. The number of amides is 1. The van der Waals surface area contributed by atoms with Crippen LogP contribution in [-0.2, 0) is 14.4 Å². The van der Waals surface area contributed by atoms with Gasteiger partial charge in [0.05, 0.1) is 11.7 Å². The molecule has 0 aromatic rings. The van der Waals surface area contributed by atoms with Crippen molar-refractivity contribution in [3.05, 3.63) is 23.8 Å². The number of carbonyl (C=O) groups is 2. The zero-order valence-corrected chi connectivity index (χ0v) is 20.9. The molecule has 8 heteroatoms. The first kappa shape index (κ1) is 24.5. The van der Waals surface area contributed by atoms with E-state index in [0.29, 0.717) is 23.5 Å². The standard InChI is InChI=1S/C27H38N2O6/c1-25-9-6-17(28-35-15-23(31)29-14-18(30)13-22(29)24(32)33)12-16(25)4-5-19-20(25)7-10-26(2)21(19)8-11-27(26,3)34/h6,9,12,18-22,30,34H,4-5,7-8,10-11,13-15H2,1-3H3,(H,32,33). The molecule has 0 spiro atoms. The van der Waals surface area contributed by atoms with Crippen LogP contribution in [0.4, 0.5) is 0 Å². The van der Waals surface area contributed by atoms with E-state index in [1.807, 2.05) is 13.0 Å². The number of aliphatic hydroxyl groups excluding tert-OH is 1. The summed E-state index contributed by atoms with van der Waals surface area (Å²) in [6.45, 7) is 6.30. The van der Waals surface area contributed by atoms with Gasteiger partial charge in [0.1, 0.15) is 11.8 Å². The average Bonchev–Trinajstić information content (AvgIpc) is 3.31. The predicted octanol–water partition coefficient (Wildman–Crippen LogP) is 2.90. The van der Waals surface area contributed by atoms with E-state index in [1.165, 1.54) is 5.57 Å². The summed E-state index contributed by atoms with van der Waals surface area (Å²) in [4.78, 5) is 30.3. The third kappa shape index (κ3) is 3.84. The van der Waals surface area contributed by atoms with E-state index in [9.17, 15) is 24.9 Å². The summed E-state index contributed by atoms with van der Waals surface area (Å²) in [5, 5.41) is 34.3. The van der Waals surface area contributed by atoms with Crippen LogP contribution in [0.5, 0.6) is 0 Å². The van der Waals surface area contributed by atoms with Crippen molar-refractivity contribution in [1.82, 2.24) is 4.90 Å². The van der Waals surface area contributed by atoms with Crippen molar-refractivity contribution in [2.45, 2.75) is 83.5 Å². The normalized spacial score (nSPS) is 45.5. The van der Waals surface area contributed by atoms with Gasteiger partial charge in [-0.2, -0.15) is 0 Å². The van der Waals surface area contributed by atoms with Crippen LogP contribution in [0.25, 0.3) is 0 Å². The number of rotatable bonds is 4. The molecular weight excluding hydrogens is 448 g/mol. The maximum absolute atomic E-state index is 12.5. The summed E-state index contributed by atoms with van der Waals surface area (Å²) in [5.74, 6) is 0.101. The number of hydrogen-bond donors (Lipinski definition) is 3. The van der Waals surface area contributed by atoms with Gasteiger partial charge in [-0.15, -0.1) is 0 Å². The van der Waals surface area contributed by atoms with Crippen LogP contribution in [-0.4, -0.2) is 68.7 Å². The molecule has 1 amide bonds. The zero-order valence-electron chi connectivity index (χ0n) is 20.9. The van der Waals surface area contributed by atoms with Gasteiger partial charge in [-0.05, 0) is 80.8 Å². The van der Waals surface area contributed by atoms with Crippen molar-refractivity contribution in [1.29, 1.82) is 0 Å². The van der Waals surface area contributed by atoms with Crippen LogP contribution in [0.1, 0.15) is 65.7 Å². The highest BCUT2D eigenvalue weighted by Crippen LogP contribution is 2.66. The fraction of sp³-hybridized carbons (Fsp3) is 0.741. The Labute approximate surface area is 206 Å². The Morgan fingerprint density at radius 1 is 1.17 bits per heavy atom. The molecule has 8 nitrogen and oxygen atoms in total. The first-order valence-corrected chi connectivity index (χ1v) is 13.0. The van der Waals surface area contributed by atoms with E-state index in [-0.39, 0.29) is 30.4 Å². The Bertz CT molecular complexity index is 1000. The van der Waals surface area contributed by atoms with Gasteiger partial charge >= 0.3 is 5.97 Å². The lowest BCUT2D eigenvalue weighted by Crippen LogP contribution is -2.53. The SMILES string of the molecule is CC12C=CC(=NOCC(=O)N3CC(O)CC3C(=O)O)C=C1CCC1C2CCC2(C)C1CCC2(C)O. The molecule has 4 fully saturated rings. The maximum atomic E-state index is 12.5. The van der Waals surface area contributed by atoms with Crippen molar-refractivity contribution < 1.29 is 29.7 Å². The van der Waals surface area contributed by atoms with Crippen LogP contribution in [0.3, 0.4) is 0 Å². The molecule has 1 aliphatic heterocycles. The Kier molecular flexibility index (Phi) is 5.91. The van der Waals surface area contributed by atoms with Gasteiger partial charge in [-0.3, -0.25) is 4.79 Å². The van der Waals surface area contributed by atoms with Crippen molar-refractivity contribution in [2.24, 2.45) is 33.7 Å². The average molecular weight is 487 g/mol. The molecule has 5 aliphatic rings. The molecule has 0 aromatic carbocycles. The van der Waals surface area contributed by atoms with Gasteiger partial charge in [-0.25, -0.2) is 4.79 Å². The van der Waals surface area contributed by atoms with Crippen molar-refractivity contribution >= 4 is 17.6 Å². The second kappa shape index (κ2) is 8.44. The van der Waals surface area contributed by atoms with E-state index in [0.717, 1.165) is 43.4 Å². The Morgan fingerprint density at radius 2 is 1.91 bits per heavy atom. The van der Waals surface area contributed by atoms with Gasteiger partial charge in [0.15, 0.2) is 6.61 Å². The summed E-state index contributed by atoms with van der Waals surface area (Å²) >= 11 is 0. The summed E-state index contributed by atoms with van der Waals surface area (Å²) in [7, 11) is 0. The molecular formula is C27H38N2O6. The number of nitrogens with zero attached hydrogens (tertiary/aromatic N) is 2. The van der Waals surface area contributed by atoms with Crippen LogP contribution in [0.15, 0.2) is 29.0 Å². The predicted molar refractivity (Wildman–Crippen MR) is 129 cm³/mol. The molecule has 3 N–H and O–H groups in total. The van der Waals surface area contributed by atoms with Crippen LogP contribution in [0, 0.1) is 28.6 Å². The lowest BCUT2D eigenvalue weighted by atomic mass is 9.47. The maximum Gasteiger partial charge on any atom is 0.326 e. The number of likely N-dealkylation sites (tertiary alicyclic amines) is 1. The minimum absolute atomic E-state index is 0.00214. The summed E-state index contributed by atoms with van der Waals surface area (Å²) in [5.41, 5.74) is 1.39. The number of carboxylic acids is 1. The molecule has 3 saturated carbocycles. The molecule has 0 aromatic heterocycles. The highest BCUT2D eigenvalue weighted by Gasteiger charge is 2.62. The monoisotopic (exact) mass is 486 g/mol. The molecule has 1 saturated heterocycles. The number of aliphatic hydroxyl groups is 2. The summed E-state index contributed by atoms with van der Waals surface area (Å²) in [6.07, 6.45) is 11.8. The largest absolute Gasteiger partial charge is 0.480 e. The van der Waals surface area contributed by atoms with E-state index >= 15 is 0 Å². The van der Waals surface area contributed by atoms with Gasteiger partial charge < -0.3 is 25.1 Å². The van der Waals surface area contributed by atoms with Crippen molar-refractivity contribution in [3.8, 4) is 0 Å². The number of β-amino-alcohol motifs (C(OH)–C–C–N with tert-alkyl or cyclic N) is 1. The molecule has 8 unspecified atom stereocenters. The first-order chi connectivity index (χ1) is 16.5. The summed E-state index contributed by atoms with van der Waals surface area (Å²) < 4.78 is 0. The van der Waals surface area contributed by atoms with E-state index in [2.05, 4.69) is 31.2 Å². The van der Waals surface area contributed by atoms with Gasteiger partial charge in [0.2, 0.25) is 0 Å². The molecule has 0 radical (unpaired) electrons. The van der Waals surface area contributed by atoms with Crippen molar-refractivity contribution in [2.75, 3.05) is 13.2 Å². The quantitative estimate of drug-likeness (QED) is 0.526. The fourth-order valence-corrected chi connectivity index (χ4v) is 8.08. The second-order valence-corrected chi connectivity index (χ2v) is 12.0. The fourth-order valence-electron chi connectivity index (χ4n) is 8.08. The van der Waals surface area contributed by atoms with Gasteiger partial charge in [-0.1, -0.05) is 30.7 Å². The Balaban J connectivity index is 1.25. The number of carbonyl (C=O) groups excluding carboxylic acids is 1. The van der Waals surface area contributed by atoms with Crippen molar-refractivity contribution in [3.63, 3.8) is 0 Å². The lowest BCUT2D eigenvalue weighted by Gasteiger charge is -2.58. The van der Waals surface area contributed by atoms with Crippen LogP contribution >= 0.6 is 0 Å². The van der Waals surface area contributed by atoms with Gasteiger partial charge in [0.25, 0.3) is 5.91 Å². The molecule has 8 atom stereocenters. The lowest BCUT2D eigenvalue weighted by molar-refractivity contribution is -0.150.